The Morgan fingerprint density at radius 2 is 2.17 bits per heavy atom. The summed E-state index contributed by atoms with van der Waals surface area (Å²) in [5.74, 6) is 0.528. The van der Waals surface area contributed by atoms with Gasteiger partial charge in [-0.15, -0.1) is 11.3 Å². The van der Waals surface area contributed by atoms with Crippen molar-refractivity contribution in [3.8, 4) is 0 Å². The predicted octanol–water partition coefficient (Wildman–Crippen LogP) is 2.13. The van der Waals surface area contributed by atoms with E-state index in [0.29, 0.717) is 12.5 Å². The molecule has 0 aliphatic carbocycles. The molecule has 1 rings (SSSR count). The topological polar surface area (TPSA) is 54.0 Å². The zero-order valence-electron chi connectivity index (χ0n) is 11.6. The molecule has 0 spiro atoms. The summed E-state index contributed by atoms with van der Waals surface area (Å²) in [4.78, 5) is 17.2. The summed E-state index contributed by atoms with van der Waals surface area (Å²) in [7, 11) is 0. The van der Waals surface area contributed by atoms with Crippen molar-refractivity contribution < 1.29 is 4.79 Å². The molecule has 0 saturated heterocycles. The quantitative estimate of drug-likeness (QED) is 0.797. The molecule has 0 aliphatic rings. The fraction of sp³-hybridized carbons (Fsp3) is 0.692. The number of aromatic nitrogens is 1. The molecule has 4 nitrogen and oxygen atoms in total. The first-order chi connectivity index (χ1) is 8.52. The van der Waals surface area contributed by atoms with Crippen LogP contribution in [0.5, 0.6) is 0 Å². The van der Waals surface area contributed by atoms with Gasteiger partial charge in [-0.05, 0) is 19.3 Å². The molecule has 0 aromatic carbocycles. The lowest BCUT2D eigenvalue weighted by Crippen LogP contribution is -2.36. The molecule has 1 aromatic heterocycles. The van der Waals surface area contributed by atoms with Gasteiger partial charge >= 0.3 is 0 Å². The van der Waals surface area contributed by atoms with Gasteiger partial charge in [0.15, 0.2) is 0 Å². The maximum Gasteiger partial charge on any atom is 0.233 e. The zero-order valence-corrected chi connectivity index (χ0v) is 12.4. The van der Waals surface area contributed by atoms with Gasteiger partial charge in [-0.25, -0.2) is 4.98 Å². The summed E-state index contributed by atoms with van der Waals surface area (Å²) in [6.07, 6.45) is 2.93. The largest absolute Gasteiger partial charge is 0.355 e. The second-order valence-electron chi connectivity index (χ2n) is 4.82. The van der Waals surface area contributed by atoms with Gasteiger partial charge in [0.25, 0.3) is 0 Å². The molecule has 5 heteroatoms. The molecule has 1 amide bonds. The van der Waals surface area contributed by atoms with Crippen molar-refractivity contribution in [3.05, 3.63) is 16.1 Å². The lowest BCUT2D eigenvalue weighted by molar-refractivity contribution is -0.120. The first-order valence-corrected chi connectivity index (χ1v) is 7.29. The van der Waals surface area contributed by atoms with Crippen LogP contribution in [0.25, 0.3) is 0 Å². The Kier molecular flexibility index (Phi) is 6.29. The predicted molar refractivity (Wildman–Crippen MR) is 75.8 cm³/mol. The summed E-state index contributed by atoms with van der Waals surface area (Å²) in [6.45, 7) is 9.39. The number of rotatable bonds is 7. The van der Waals surface area contributed by atoms with Crippen LogP contribution < -0.4 is 10.6 Å². The van der Waals surface area contributed by atoms with Crippen LogP contribution in [0.15, 0.2) is 6.20 Å². The van der Waals surface area contributed by atoms with Gasteiger partial charge < -0.3 is 5.32 Å². The lowest BCUT2D eigenvalue weighted by Gasteiger charge is -2.12. The van der Waals surface area contributed by atoms with E-state index in [4.69, 9.17) is 0 Å². The molecule has 2 N–H and O–H groups in total. The summed E-state index contributed by atoms with van der Waals surface area (Å²) < 4.78 is 0. The number of amides is 1. The highest BCUT2D eigenvalue weighted by molar-refractivity contribution is 7.11. The smallest absolute Gasteiger partial charge is 0.233 e. The van der Waals surface area contributed by atoms with Crippen molar-refractivity contribution in [1.82, 2.24) is 15.6 Å². The molecule has 102 valence electrons. The van der Waals surface area contributed by atoms with E-state index in [1.165, 1.54) is 4.88 Å². The Bertz CT molecular complexity index is 376. The summed E-state index contributed by atoms with van der Waals surface area (Å²) in [5, 5.41) is 7.13. The highest BCUT2D eigenvalue weighted by Crippen LogP contribution is 2.19. The fourth-order valence-corrected chi connectivity index (χ4v) is 2.28. The molecule has 0 bridgehead atoms. The molecule has 0 radical (unpaired) electrons. The average molecular weight is 269 g/mol. The number of aryl methyl sites for hydroxylation is 1. The first kappa shape index (κ1) is 15.1. The van der Waals surface area contributed by atoms with Gasteiger partial charge in [0.1, 0.15) is 5.01 Å². The van der Waals surface area contributed by atoms with Crippen molar-refractivity contribution >= 4 is 17.2 Å². The van der Waals surface area contributed by atoms with E-state index in [9.17, 15) is 4.79 Å². The van der Waals surface area contributed by atoms with Gasteiger partial charge in [0.2, 0.25) is 5.91 Å². The molecule has 0 saturated carbocycles. The second-order valence-corrected chi connectivity index (χ2v) is 5.97. The van der Waals surface area contributed by atoms with Crippen LogP contribution >= 0.6 is 11.3 Å². The van der Waals surface area contributed by atoms with Crippen molar-refractivity contribution in [2.75, 3.05) is 13.1 Å². The number of nitrogens with one attached hydrogen (secondary N) is 2. The number of hydrogen-bond acceptors (Lipinski definition) is 4. The van der Waals surface area contributed by atoms with Crippen LogP contribution in [0.2, 0.25) is 0 Å². The van der Waals surface area contributed by atoms with Crippen LogP contribution in [-0.4, -0.2) is 24.0 Å². The molecular formula is C13H23N3OS. The van der Waals surface area contributed by atoms with Crippen molar-refractivity contribution in [3.63, 3.8) is 0 Å². The fourth-order valence-electron chi connectivity index (χ4n) is 1.40. The molecule has 0 aliphatic heterocycles. The molecule has 0 fully saturated rings. The van der Waals surface area contributed by atoms with E-state index < -0.39 is 0 Å². The molecule has 18 heavy (non-hydrogen) atoms. The van der Waals surface area contributed by atoms with Gasteiger partial charge in [0, 0.05) is 17.6 Å². The summed E-state index contributed by atoms with van der Waals surface area (Å²) in [6, 6.07) is 0.125. The van der Waals surface area contributed by atoms with E-state index in [1.807, 2.05) is 13.1 Å². The number of thiazole rings is 1. The Balaban J connectivity index is 2.32. The Hall–Kier alpha value is -0.940. The summed E-state index contributed by atoms with van der Waals surface area (Å²) >= 11 is 1.71. The molecule has 1 heterocycles. The van der Waals surface area contributed by atoms with E-state index in [2.05, 4.69) is 36.4 Å². The normalized spacial score (nSPS) is 12.7. The third kappa shape index (κ3) is 5.14. The zero-order chi connectivity index (χ0) is 13.5. The van der Waals surface area contributed by atoms with Crippen LogP contribution in [-0.2, 0) is 11.2 Å². The second kappa shape index (κ2) is 7.48. The van der Waals surface area contributed by atoms with E-state index in [1.54, 1.807) is 11.3 Å². The van der Waals surface area contributed by atoms with Crippen LogP contribution in [0.1, 0.15) is 43.6 Å². The average Bonchev–Trinajstić information content (AvgIpc) is 2.82. The summed E-state index contributed by atoms with van der Waals surface area (Å²) in [5.41, 5.74) is 0. The monoisotopic (exact) mass is 269 g/mol. The van der Waals surface area contributed by atoms with Gasteiger partial charge in [-0.1, -0.05) is 20.8 Å². The maximum absolute atomic E-state index is 11.6. The third-order valence-corrected chi connectivity index (χ3v) is 3.89. The number of nitrogens with zero attached hydrogens (tertiary/aromatic N) is 1. The number of carbonyl (C=O) groups is 1. The van der Waals surface area contributed by atoms with E-state index >= 15 is 0 Å². The Morgan fingerprint density at radius 3 is 2.72 bits per heavy atom. The van der Waals surface area contributed by atoms with Gasteiger partial charge in [-0.3, -0.25) is 10.1 Å². The van der Waals surface area contributed by atoms with E-state index in [-0.39, 0.29) is 11.9 Å². The third-order valence-electron chi connectivity index (χ3n) is 2.57. The molecule has 1 atom stereocenters. The number of hydrogen-bond donors (Lipinski definition) is 2. The molecule has 1 aromatic rings. The Labute approximate surface area is 113 Å². The minimum atomic E-state index is 0.0443. The highest BCUT2D eigenvalue weighted by atomic mass is 32.1. The SMILES string of the molecule is CCc1cnc(C(C)NCC(=O)NCC(C)C)s1. The minimum Gasteiger partial charge on any atom is -0.355 e. The molecular weight excluding hydrogens is 246 g/mol. The minimum absolute atomic E-state index is 0.0443. The van der Waals surface area contributed by atoms with Crippen molar-refractivity contribution in [2.24, 2.45) is 5.92 Å². The van der Waals surface area contributed by atoms with Crippen molar-refractivity contribution in [2.45, 2.75) is 40.2 Å². The first-order valence-electron chi connectivity index (χ1n) is 6.47. The van der Waals surface area contributed by atoms with Gasteiger partial charge in [-0.2, -0.15) is 0 Å². The molecule has 1 unspecified atom stereocenters. The standard InChI is InChI=1S/C13H23N3OS/c1-5-11-7-16-13(18-11)10(4)14-8-12(17)15-6-9(2)3/h7,9-10,14H,5-6,8H2,1-4H3,(H,15,17). The van der Waals surface area contributed by atoms with Gasteiger partial charge in [0.05, 0.1) is 12.6 Å². The highest BCUT2D eigenvalue weighted by Gasteiger charge is 2.11. The lowest BCUT2D eigenvalue weighted by atomic mass is 10.2. The maximum atomic E-state index is 11.6. The van der Waals surface area contributed by atoms with E-state index in [0.717, 1.165) is 18.0 Å². The van der Waals surface area contributed by atoms with Crippen LogP contribution in [0.4, 0.5) is 0 Å². The van der Waals surface area contributed by atoms with Crippen molar-refractivity contribution in [1.29, 1.82) is 0 Å². The number of carbonyl (C=O) groups excluding carboxylic acids is 1. The van der Waals surface area contributed by atoms with Crippen LogP contribution in [0.3, 0.4) is 0 Å². The van der Waals surface area contributed by atoms with Crippen LogP contribution in [0, 0.1) is 5.92 Å². The Morgan fingerprint density at radius 1 is 1.44 bits per heavy atom.